The summed E-state index contributed by atoms with van der Waals surface area (Å²) in [7, 11) is 3.26. The van der Waals surface area contributed by atoms with Gasteiger partial charge in [-0.3, -0.25) is 14.3 Å². The Morgan fingerprint density at radius 3 is 2.58 bits per heavy atom. The molecular weight excluding hydrogens is 246 g/mol. The van der Waals surface area contributed by atoms with Gasteiger partial charge in [-0.1, -0.05) is 0 Å². The van der Waals surface area contributed by atoms with Crippen molar-refractivity contribution in [2.75, 3.05) is 11.1 Å². The molecule has 0 aromatic carbocycles. The molecule has 0 aliphatic rings. The predicted octanol–water partition coefficient (Wildman–Crippen LogP) is 0.262. The van der Waals surface area contributed by atoms with Crippen molar-refractivity contribution in [3.63, 3.8) is 0 Å². The molecule has 0 spiro atoms. The highest BCUT2D eigenvalue weighted by atomic mass is 16.2. The zero-order valence-electron chi connectivity index (χ0n) is 11.0. The van der Waals surface area contributed by atoms with Crippen LogP contribution in [0.2, 0.25) is 0 Å². The number of carbonyl (C=O) groups is 1. The van der Waals surface area contributed by atoms with E-state index >= 15 is 0 Å². The Morgan fingerprint density at radius 2 is 2.05 bits per heavy atom. The fourth-order valence-corrected chi connectivity index (χ4v) is 1.80. The number of pyridine rings is 1. The fourth-order valence-electron chi connectivity index (χ4n) is 1.80. The van der Waals surface area contributed by atoms with Crippen LogP contribution in [0.1, 0.15) is 16.2 Å². The van der Waals surface area contributed by atoms with Gasteiger partial charge >= 0.3 is 0 Å². The molecule has 1 amide bonds. The van der Waals surface area contributed by atoms with E-state index < -0.39 is 0 Å². The van der Waals surface area contributed by atoms with Crippen LogP contribution in [-0.2, 0) is 14.1 Å². The number of hydrogen-bond acceptors (Lipinski definition) is 4. The summed E-state index contributed by atoms with van der Waals surface area (Å²) >= 11 is 0. The van der Waals surface area contributed by atoms with Crippen molar-refractivity contribution >= 4 is 17.3 Å². The third-order valence-corrected chi connectivity index (χ3v) is 2.83. The van der Waals surface area contributed by atoms with Gasteiger partial charge in [-0.05, 0) is 13.0 Å². The molecule has 0 aliphatic carbocycles. The second kappa shape index (κ2) is 4.60. The lowest BCUT2D eigenvalue weighted by Gasteiger charge is -2.07. The number of aromatic nitrogens is 3. The molecule has 2 heterocycles. The van der Waals surface area contributed by atoms with Crippen LogP contribution in [0.3, 0.4) is 0 Å². The lowest BCUT2D eigenvalue weighted by Crippen LogP contribution is -2.20. The Morgan fingerprint density at radius 1 is 1.37 bits per heavy atom. The standard InChI is InChI=1S/C12H15N5O2/c1-7-10(13)11(17(3)15-7)12(19)14-8-4-5-9(18)16(2)6-8/h4-6H,13H2,1-3H3,(H,14,19). The summed E-state index contributed by atoms with van der Waals surface area (Å²) < 4.78 is 2.81. The normalized spacial score (nSPS) is 10.5. The highest BCUT2D eigenvalue weighted by molar-refractivity contribution is 6.06. The summed E-state index contributed by atoms with van der Waals surface area (Å²) in [6.07, 6.45) is 1.54. The number of nitrogen functional groups attached to an aromatic ring is 1. The summed E-state index contributed by atoms with van der Waals surface area (Å²) in [6, 6.07) is 2.92. The van der Waals surface area contributed by atoms with E-state index in [0.717, 1.165) is 0 Å². The zero-order chi connectivity index (χ0) is 14.2. The first-order valence-electron chi connectivity index (χ1n) is 5.67. The molecule has 3 N–H and O–H groups in total. The Hall–Kier alpha value is -2.57. The van der Waals surface area contributed by atoms with E-state index in [1.807, 2.05) is 0 Å². The number of aryl methyl sites for hydroxylation is 3. The summed E-state index contributed by atoms with van der Waals surface area (Å²) in [5, 5.41) is 6.76. The van der Waals surface area contributed by atoms with Crippen LogP contribution >= 0.6 is 0 Å². The molecule has 0 radical (unpaired) electrons. The number of nitrogens with zero attached hydrogens (tertiary/aromatic N) is 3. The van der Waals surface area contributed by atoms with Crippen LogP contribution in [0.25, 0.3) is 0 Å². The molecule has 2 rings (SSSR count). The molecule has 0 saturated carbocycles. The molecule has 0 atom stereocenters. The van der Waals surface area contributed by atoms with Crippen LogP contribution in [0, 0.1) is 6.92 Å². The summed E-state index contributed by atoms with van der Waals surface area (Å²) in [5.74, 6) is -0.362. The Kier molecular flexibility index (Phi) is 3.12. The quantitative estimate of drug-likeness (QED) is 0.810. The van der Waals surface area contributed by atoms with E-state index in [1.54, 1.807) is 33.3 Å². The Bertz CT molecular complexity index is 699. The molecule has 2 aromatic heterocycles. The van der Waals surface area contributed by atoms with E-state index in [2.05, 4.69) is 10.4 Å². The Balaban J connectivity index is 2.30. The van der Waals surface area contributed by atoms with Crippen LogP contribution in [-0.4, -0.2) is 20.3 Å². The number of nitrogens with one attached hydrogen (secondary N) is 1. The third-order valence-electron chi connectivity index (χ3n) is 2.83. The SMILES string of the molecule is Cc1nn(C)c(C(=O)Nc2ccc(=O)n(C)c2)c1N. The second-order valence-corrected chi connectivity index (χ2v) is 4.29. The summed E-state index contributed by atoms with van der Waals surface area (Å²) in [4.78, 5) is 23.4. The van der Waals surface area contributed by atoms with Gasteiger partial charge in [0.05, 0.1) is 17.1 Å². The van der Waals surface area contributed by atoms with Crippen molar-refractivity contribution in [2.45, 2.75) is 6.92 Å². The minimum Gasteiger partial charge on any atom is -0.395 e. The highest BCUT2D eigenvalue weighted by Gasteiger charge is 2.18. The lowest BCUT2D eigenvalue weighted by atomic mass is 10.3. The van der Waals surface area contributed by atoms with Gasteiger partial charge in [0.1, 0.15) is 5.69 Å². The van der Waals surface area contributed by atoms with Crippen molar-refractivity contribution in [2.24, 2.45) is 14.1 Å². The minimum atomic E-state index is -0.362. The number of amides is 1. The maximum Gasteiger partial charge on any atom is 0.276 e. The molecule has 0 saturated heterocycles. The highest BCUT2D eigenvalue weighted by Crippen LogP contribution is 2.16. The monoisotopic (exact) mass is 261 g/mol. The molecule has 19 heavy (non-hydrogen) atoms. The van der Waals surface area contributed by atoms with E-state index in [1.165, 1.54) is 15.3 Å². The predicted molar refractivity (Wildman–Crippen MR) is 72.0 cm³/mol. The Labute approximate surface area is 109 Å². The van der Waals surface area contributed by atoms with Gasteiger partial charge in [-0.25, -0.2) is 0 Å². The molecule has 0 fully saturated rings. The van der Waals surface area contributed by atoms with E-state index in [4.69, 9.17) is 5.73 Å². The van der Waals surface area contributed by atoms with Crippen molar-refractivity contribution in [1.82, 2.24) is 14.3 Å². The van der Waals surface area contributed by atoms with Crippen LogP contribution in [0.15, 0.2) is 23.1 Å². The van der Waals surface area contributed by atoms with Gasteiger partial charge in [0.25, 0.3) is 5.91 Å². The molecule has 0 bridgehead atoms. The average Bonchev–Trinajstić information content (AvgIpc) is 2.58. The van der Waals surface area contributed by atoms with Gasteiger partial charge in [0.2, 0.25) is 5.56 Å². The molecular formula is C12H15N5O2. The summed E-state index contributed by atoms with van der Waals surface area (Å²) in [6.45, 7) is 1.73. The lowest BCUT2D eigenvalue weighted by molar-refractivity contribution is 0.101. The van der Waals surface area contributed by atoms with Gasteiger partial charge in [0.15, 0.2) is 0 Å². The molecule has 2 aromatic rings. The van der Waals surface area contributed by atoms with Crippen LogP contribution < -0.4 is 16.6 Å². The summed E-state index contributed by atoms with van der Waals surface area (Å²) in [5.41, 5.74) is 7.44. The maximum absolute atomic E-state index is 12.1. The van der Waals surface area contributed by atoms with E-state index in [9.17, 15) is 9.59 Å². The van der Waals surface area contributed by atoms with Gasteiger partial charge in [-0.2, -0.15) is 5.10 Å². The van der Waals surface area contributed by atoms with Gasteiger partial charge in [0, 0.05) is 26.4 Å². The van der Waals surface area contributed by atoms with E-state index in [-0.39, 0.29) is 11.5 Å². The topological polar surface area (TPSA) is 94.9 Å². The third kappa shape index (κ3) is 2.35. The maximum atomic E-state index is 12.1. The van der Waals surface area contributed by atoms with Crippen molar-refractivity contribution in [3.05, 3.63) is 40.1 Å². The minimum absolute atomic E-state index is 0.145. The van der Waals surface area contributed by atoms with E-state index in [0.29, 0.717) is 22.8 Å². The molecule has 0 aliphatic heterocycles. The molecule has 100 valence electrons. The first kappa shape index (κ1) is 12.9. The number of nitrogens with two attached hydrogens (primary N) is 1. The van der Waals surface area contributed by atoms with Gasteiger partial charge < -0.3 is 15.6 Å². The molecule has 0 unspecified atom stereocenters. The fraction of sp³-hybridized carbons (Fsp3) is 0.250. The van der Waals surface area contributed by atoms with Crippen LogP contribution in [0.5, 0.6) is 0 Å². The average molecular weight is 261 g/mol. The number of carbonyl (C=O) groups excluding carboxylic acids is 1. The first-order valence-corrected chi connectivity index (χ1v) is 5.67. The number of anilines is 2. The molecule has 7 heteroatoms. The van der Waals surface area contributed by atoms with Crippen molar-refractivity contribution < 1.29 is 4.79 Å². The van der Waals surface area contributed by atoms with Gasteiger partial charge in [-0.15, -0.1) is 0 Å². The smallest absolute Gasteiger partial charge is 0.276 e. The zero-order valence-corrected chi connectivity index (χ0v) is 11.0. The largest absolute Gasteiger partial charge is 0.395 e. The van der Waals surface area contributed by atoms with Crippen LogP contribution in [0.4, 0.5) is 11.4 Å². The molecule has 7 nitrogen and oxygen atoms in total. The van der Waals surface area contributed by atoms with Crippen molar-refractivity contribution in [3.8, 4) is 0 Å². The number of rotatable bonds is 2. The first-order chi connectivity index (χ1) is 8.90. The van der Waals surface area contributed by atoms with Crippen molar-refractivity contribution in [1.29, 1.82) is 0 Å². The number of hydrogen-bond donors (Lipinski definition) is 2. The second-order valence-electron chi connectivity index (χ2n) is 4.29.